The molecule has 1 N–H and O–H groups in total. The highest BCUT2D eigenvalue weighted by Gasteiger charge is 2.32. The van der Waals surface area contributed by atoms with Crippen molar-refractivity contribution in [2.24, 2.45) is 0 Å². The Morgan fingerprint density at radius 1 is 1.18 bits per heavy atom. The second kappa shape index (κ2) is 7.60. The summed E-state index contributed by atoms with van der Waals surface area (Å²) in [7, 11) is 0. The molecule has 0 saturated carbocycles. The molecule has 2 amide bonds. The Hall–Kier alpha value is -2.32. The zero-order chi connectivity index (χ0) is 19.8. The molecular weight excluding hydrogens is 376 g/mol. The van der Waals surface area contributed by atoms with Crippen molar-refractivity contribution in [3.05, 3.63) is 41.1 Å². The zero-order valence-corrected chi connectivity index (χ0v) is 17.1. The third-order valence-corrected chi connectivity index (χ3v) is 6.00. The van der Waals surface area contributed by atoms with E-state index < -0.39 is 11.8 Å². The molecule has 148 valence electrons. The Morgan fingerprint density at radius 2 is 1.89 bits per heavy atom. The number of para-hydroxylation sites is 1. The van der Waals surface area contributed by atoms with Gasteiger partial charge in [0.2, 0.25) is 0 Å². The quantitative estimate of drug-likeness (QED) is 0.784. The number of nitrogens with one attached hydrogen (secondary N) is 1. The number of rotatable bonds is 2. The highest BCUT2D eigenvalue weighted by Crippen LogP contribution is 2.36. The maximum atomic E-state index is 12.8. The molecule has 7 nitrogen and oxygen atoms in total. The lowest BCUT2D eigenvalue weighted by Crippen LogP contribution is -2.51. The number of anilines is 1. The molecule has 0 bridgehead atoms. The Morgan fingerprint density at radius 3 is 2.61 bits per heavy atom. The molecule has 0 radical (unpaired) electrons. The molecule has 1 aromatic carbocycles. The van der Waals surface area contributed by atoms with Crippen molar-refractivity contribution in [2.75, 3.05) is 18.4 Å². The molecule has 2 aliphatic rings. The van der Waals surface area contributed by atoms with E-state index >= 15 is 0 Å². The first-order valence-corrected chi connectivity index (χ1v) is 10.6. The standard InChI is InChI=1S/C20H24N4O3S/c1-12-6-4-5-7-17(12)24-18(15-10-28-11-16(15)22-24)21-19(25)20(26)23-8-13(2)27-14(3)9-23/h4-7,13-14H,8-11H2,1-3H3,(H,21,25)/t13-,14+. The van der Waals surface area contributed by atoms with E-state index in [9.17, 15) is 9.59 Å². The summed E-state index contributed by atoms with van der Waals surface area (Å²) in [5.74, 6) is 1.02. The van der Waals surface area contributed by atoms with E-state index in [1.807, 2.05) is 45.0 Å². The third kappa shape index (κ3) is 3.54. The number of aryl methyl sites for hydroxylation is 1. The molecule has 3 heterocycles. The fourth-order valence-electron chi connectivity index (χ4n) is 3.77. The van der Waals surface area contributed by atoms with Gasteiger partial charge in [0.25, 0.3) is 0 Å². The predicted molar refractivity (Wildman–Crippen MR) is 109 cm³/mol. The summed E-state index contributed by atoms with van der Waals surface area (Å²) >= 11 is 1.76. The summed E-state index contributed by atoms with van der Waals surface area (Å²) in [5, 5.41) is 7.57. The van der Waals surface area contributed by atoms with E-state index in [0.717, 1.165) is 34.0 Å². The van der Waals surface area contributed by atoms with E-state index in [1.165, 1.54) is 0 Å². The minimum absolute atomic E-state index is 0.0846. The van der Waals surface area contributed by atoms with Gasteiger partial charge in [-0.2, -0.15) is 16.9 Å². The van der Waals surface area contributed by atoms with Crippen LogP contribution in [0.3, 0.4) is 0 Å². The average Bonchev–Trinajstić information content (AvgIpc) is 3.23. The SMILES string of the molecule is Cc1ccccc1-n1nc2c(c1NC(=O)C(=O)N1C[C@@H](C)O[C@@H](C)C1)CSC2. The van der Waals surface area contributed by atoms with Crippen LogP contribution < -0.4 is 5.32 Å². The van der Waals surface area contributed by atoms with Gasteiger partial charge in [0.05, 0.1) is 23.6 Å². The van der Waals surface area contributed by atoms with Gasteiger partial charge in [-0.1, -0.05) is 18.2 Å². The number of morpholine rings is 1. The van der Waals surface area contributed by atoms with Crippen molar-refractivity contribution in [2.45, 2.75) is 44.5 Å². The summed E-state index contributed by atoms with van der Waals surface area (Å²) in [4.78, 5) is 27.1. The van der Waals surface area contributed by atoms with Gasteiger partial charge in [-0.3, -0.25) is 9.59 Å². The average molecular weight is 401 g/mol. The number of amides is 2. The van der Waals surface area contributed by atoms with E-state index in [4.69, 9.17) is 9.84 Å². The topological polar surface area (TPSA) is 76.5 Å². The zero-order valence-electron chi connectivity index (χ0n) is 16.3. The highest BCUT2D eigenvalue weighted by molar-refractivity contribution is 7.98. The molecule has 0 aliphatic carbocycles. The molecule has 0 unspecified atom stereocenters. The van der Waals surface area contributed by atoms with Crippen LogP contribution >= 0.6 is 11.8 Å². The largest absolute Gasteiger partial charge is 0.372 e. The monoisotopic (exact) mass is 400 g/mol. The lowest BCUT2D eigenvalue weighted by Gasteiger charge is -2.34. The maximum absolute atomic E-state index is 12.8. The van der Waals surface area contributed by atoms with Crippen LogP contribution in [0.1, 0.15) is 30.7 Å². The number of ether oxygens (including phenoxy) is 1. The van der Waals surface area contributed by atoms with Crippen LogP contribution in [0.2, 0.25) is 0 Å². The molecule has 0 spiro atoms. The van der Waals surface area contributed by atoms with Gasteiger partial charge in [-0.25, -0.2) is 4.68 Å². The van der Waals surface area contributed by atoms with Crippen LogP contribution in [-0.2, 0) is 25.8 Å². The van der Waals surface area contributed by atoms with Crippen molar-refractivity contribution in [3.63, 3.8) is 0 Å². The lowest BCUT2D eigenvalue weighted by molar-refractivity contribution is -0.151. The number of carbonyl (C=O) groups excluding carboxylic acids is 2. The van der Waals surface area contributed by atoms with Crippen LogP contribution in [0.5, 0.6) is 0 Å². The Labute approximate surface area is 168 Å². The molecular formula is C20H24N4O3S. The molecule has 2 aliphatic heterocycles. The number of hydrogen-bond donors (Lipinski definition) is 1. The number of thioether (sulfide) groups is 1. The summed E-state index contributed by atoms with van der Waals surface area (Å²) in [6.45, 7) is 6.66. The van der Waals surface area contributed by atoms with Crippen molar-refractivity contribution in [3.8, 4) is 5.69 Å². The summed E-state index contributed by atoms with van der Waals surface area (Å²) in [5.41, 5.74) is 3.91. The lowest BCUT2D eigenvalue weighted by atomic mass is 10.2. The van der Waals surface area contributed by atoms with E-state index in [1.54, 1.807) is 21.3 Å². The van der Waals surface area contributed by atoms with Crippen molar-refractivity contribution < 1.29 is 14.3 Å². The second-order valence-electron chi connectivity index (χ2n) is 7.39. The Bertz CT molecular complexity index is 916. The summed E-state index contributed by atoms with van der Waals surface area (Å²) in [6, 6.07) is 7.88. The molecule has 1 fully saturated rings. The number of hydrogen-bond acceptors (Lipinski definition) is 5. The van der Waals surface area contributed by atoms with Crippen LogP contribution in [0, 0.1) is 6.92 Å². The number of nitrogens with zero attached hydrogens (tertiary/aromatic N) is 3. The number of benzene rings is 1. The molecule has 8 heteroatoms. The first-order chi connectivity index (χ1) is 13.4. The van der Waals surface area contributed by atoms with Crippen molar-refractivity contribution in [1.82, 2.24) is 14.7 Å². The van der Waals surface area contributed by atoms with Crippen LogP contribution in [-0.4, -0.2) is 51.8 Å². The minimum atomic E-state index is -0.629. The maximum Gasteiger partial charge on any atom is 0.315 e. The van der Waals surface area contributed by atoms with E-state index in [-0.39, 0.29) is 12.2 Å². The molecule has 2 aromatic rings. The highest BCUT2D eigenvalue weighted by atomic mass is 32.2. The second-order valence-corrected chi connectivity index (χ2v) is 8.37. The smallest absolute Gasteiger partial charge is 0.315 e. The number of carbonyl (C=O) groups is 2. The molecule has 28 heavy (non-hydrogen) atoms. The van der Waals surface area contributed by atoms with E-state index in [0.29, 0.717) is 18.9 Å². The van der Waals surface area contributed by atoms with Gasteiger partial charge in [-0.05, 0) is 32.4 Å². The predicted octanol–water partition coefficient (Wildman–Crippen LogP) is 2.50. The van der Waals surface area contributed by atoms with Gasteiger partial charge >= 0.3 is 11.8 Å². The third-order valence-electron chi connectivity index (χ3n) is 5.03. The first kappa shape index (κ1) is 19.0. The van der Waals surface area contributed by atoms with Crippen molar-refractivity contribution >= 4 is 29.4 Å². The number of fused-ring (bicyclic) bond motifs is 1. The molecule has 2 atom stereocenters. The van der Waals surface area contributed by atoms with Gasteiger partial charge in [0.1, 0.15) is 5.82 Å². The molecule has 1 saturated heterocycles. The van der Waals surface area contributed by atoms with Gasteiger partial charge in [0.15, 0.2) is 0 Å². The van der Waals surface area contributed by atoms with Crippen LogP contribution in [0.25, 0.3) is 5.69 Å². The Balaban J connectivity index is 1.62. The number of aromatic nitrogens is 2. The first-order valence-electron chi connectivity index (χ1n) is 9.44. The van der Waals surface area contributed by atoms with Crippen LogP contribution in [0.4, 0.5) is 5.82 Å². The Kier molecular flexibility index (Phi) is 5.16. The summed E-state index contributed by atoms with van der Waals surface area (Å²) < 4.78 is 7.42. The van der Waals surface area contributed by atoms with Crippen molar-refractivity contribution in [1.29, 1.82) is 0 Å². The van der Waals surface area contributed by atoms with E-state index in [2.05, 4.69) is 5.32 Å². The fourth-order valence-corrected chi connectivity index (χ4v) is 4.80. The molecule has 4 rings (SSSR count). The van der Waals surface area contributed by atoms with Gasteiger partial charge in [-0.15, -0.1) is 0 Å². The van der Waals surface area contributed by atoms with Crippen LogP contribution in [0.15, 0.2) is 24.3 Å². The minimum Gasteiger partial charge on any atom is -0.372 e. The normalized spacial score (nSPS) is 21.5. The summed E-state index contributed by atoms with van der Waals surface area (Å²) in [6.07, 6.45) is -0.169. The fraction of sp³-hybridized carbons (Fsp3) is 0.450. The van der Waals surface area contributed by atoms with Gasteiger partial charge in [0, 0.05) is 30.2 Å². The molecule has 1 aromatic heterocycles. The van der Waals surface area contributed by atoms with Gasteiger partial charge < -0.3 is 15.0 Å².